The van der Waals surface area contributed by atoms with Crippen LogP contribution in [0, 0.1) is 25.5 Å². The molecular weight excluding hydrogens is 366 g/mol. The number of nitrogens with one attached hydrogen (secondary N) is 1. The Bertz CT molecular complexity index is 1120. The van der Waals surface area contributed by atoms with Crippen molar-refractivity contribution >= 4 is 22.2 Å². The second-order valence-electron chi connectivity index (χ2n) is 6.23. The molecule has 4 nitrogen and oxygen atoms in total. The van der Waals surface area contributed by atoms with Gasteiger partial charge in [0.2, 0.25) is 0 Å². The van der Waals surface area contributed by atoms with Crippen LogP contribution in [0.2, 0.25) is 0 Å². The topological polar surface area (TPSA) is 42.7 Å². The highest BCUT2D eigenvalue weighted by molar-refractivity contribution is 7.14. The number of benzene rings is 2. The van der Waals surface area contributed by atoms with Gasteiger partial charge in [0, 0.05) is 17.1 Å². The Hall–Kier alpha value is -3.06. The molecule has 2 heterocycles. The van der Waals surface area contributed by atoms with E-state index in [1.807, 2.05) is 25.3 Å². The van der Waals surface area contributed by atoms with E-state index in [-0.39, 0.29) is 11.6 Å². The minimum Gasteiger partial charge on any atom is -0.329 e. The van der Waals surface area contributed by atoms with Crippen LogP contribution in [0.15, 0.2) is 54.3 Å². The Morgan fingerprint density at radius 1 is 1.04 bits per heavy atom. The van der Waals surface area contributed by atoms with Gasteiger partial charge in [-0.2, -0.15) is 0 Å². The third kappa shape index (κ3) is 3.59. The van der Waals surface area contributed by atoms with Crippen molar-refractivity contribution in [1.29, 1.82) is 0 Å². The Morgan fingerprint density at radius 2 is 1.89 bits per heavy atom. The van der Waals surface area contributed by atoms with Crippen LogP contribution in [0.3, 0.4) is 0 Å². The molecule has 136 valence electrons. The molecule has 0 saturated carbocycles. The lowest BCUT2D eigenvalue weighted by molar-refractivity contribution is 0.618. The maximum atomic E-state index is 14.5. The Labute approximate surface area is 159 Å². The first-order chi connectivity index (χ1) is 13.0. The number of nitrogens with zero attached hydrogens (tertiary/aromatic N) is 3. The van der Waals surface area contributed by atoms with E-state index in [1.54, 1.807) is 35.3 Å². The highest BCUT2D eigenvalue weighted by Crippen LogP contribution is 2.29. The van der Waals surface area contributed by atoms with Crippen LogP contribution in [0.25, 0.3) is 16.9 Å². The summed E-state index contributed by atoms with van der Waals surface area (Å²) in [4.78, 5) is 8.56. The molecule has 0 unspecified atom stereocenters. The summed E-state index contributed by atoms with van der Waals surface area (Å²) in [7, 11) is 0. The van der Waals surface area contributed by atoms with Gasteiger partial charge in [-0.1, -0.05) is 12.1 Å². The molecule has 0 spiro atoms. The minimum absolute atomic E-state index is 0.335. The smallest absolute Gasteiger partial charge is 0.187 e. The van der Waals surface area contributed by atoms with Crippen molar-refractivity contribution in [1.82, 2.24) is 14.5 Å². The van der Waals surface area contributed by atoms with E-state index in [2.05, 4.69) is 15.3 Å². The number of hydrogen-bond donors (Lipinski definition) is 1. The van der Waals surface area contributed by atoms with Gasteiger partial charge in [-0.3, -0.25) is 0 Å². The molecule has 0 radical (unpaired) electrons. The van der Waals surface area contributed by atoms with Crippen molar-refractivity contribution in [2.45, 2.75) is 13.8 Å². The molecule has 0 aliphatic rings. The average molecular weight is 382 g/mol. The zero-order valence-electron chi connectivity index (χ0n) is 14.7. The largest absolute Gasteiger partial charge is 0.329 e. The van der Waals surface area contributed by atoms with E-state index < -0.39 is 0 Å². The van der Waals surface area contributed by atoms with Crippen molar-refractivity contribution < 1.29 is 8.78 Å². The lowest BCUT2D eigenvalue weighted by Crippen LogP contribution is -1.96. The molecule has 4 aromatic rings. The summed E-state index contributed by atoms with van der Waals surface area (Å²) in [5.74, 6) is -0.699. The van der Waals surface area contributed by atoms with Crippen LogP contribution in [0.4, 0.5) is 19.6 Å². The normalized spacial score (nSPS) is 11.0. The zero-order chi connectivity index (χ0) is 19.0. The molecule has 0 bridgehead atoms. The summed E-state index contributed by atoms with van der Waals surface area (Å²) in [5.41, 5.74) is 3.73. The summed E-state index contributed by atoms with van der Waals surface area (Å²) in [6.45, 7) is 3.68. The first-order valence-corrected chi connectivity index (χ1v) is 9.17. The van der Waals surface area contributed by atoms with Gasteiger partial charge in [0.05, 0.1) is 29.1 Å². The molecule has 27 heavy (non-hydrogen) atoms. The highest BCUT2D eigenvalue weighted by atomic mass is 32.1. The molecular formula is C20H16F2N4S. The van der Waals surface area contributed by atoms with Crippen LogP contribution in [0.5, 0.6) is 0 Å². The molecule has 0 amide bonds. The van der Waals surface area contributed by atoms with Crippen molar-refractivity contribution in [3.05, 3.63) is 77.2 Å². The van der Waals surface area contributed by atoms with E-state index in [9.17, 15) is 8.78 Å². The van der Waals surface area contributed by atoms with Crippen molar-refractivity contribution in [2.24, 2.45) is 0 Å². The second kappa shape index (κ2) is 6.92. The maximum Gasteiger partial charge on any atom is 0.187 e. The van der Waals surface area contributed by atoms with Gasteiger partial charge in [-0.05, 0) is 43.7 Å². The fraction of sp³-hybridized carbons (Fsp3) is 0.100. The average Bonchev–Trinajstić information content (AvgIpc) is 3.26. The molecule has 0 atom stereocenters. The summed E-state index contributed by atoms with van der Waals surface area (Å²) < 4.78 is 30.2. The number of halogens is 2. The van der Waals surface area contributed by atoms with Gasteiger partial charge in [-0.25, -0.2) is 18.7 Å². The lowest BCUT2D eigenvalue weighted by atomic mass is 10.1. The van der Waals surface area contributed by atoms with E-state index >= 15 is 0 Å². The predicted octanol–water partition coefficient (Wildman–Crippen LogP) is 5.63. The third-order valence-electron chi connectivity index (χ3n) is 4.10. The molecule has 0 aliphatic carbocycles. The van der Waals surface area contributed by atoms with E-state index in [0.717, 1.165) is 11.3 Å². The van der Waals surface area contributed by atoms with Gasteiger partial charge >= 0.3 is 0 Å². The fourth-order valence-electron chi connectivity index (χ4n) is 2.73. The minimum atomic E-state index is -0.364. The van der Waals surface area contributed by atoms with Crippen LogP contribution < -0.4 is 5.32 Å². The predicted molar refractivity (Wildman–Crippen MR) is 104 cm³/mol. The fourth-order valence-corrected chi connectivity index (χ4v) is 3.46. The highest BCUT2D eigenvalue weighted by Gasteiger charge is 2.11. The number of thiazole rings is 1. The lowest BCUT2D eigenvalue weighted by Gasteiger charge is -2.06. The molecule has 2 aromatic carbocycles. The monoisotopic (exact) mass is 382 g/mol. The van der Waals surface area contributed by atoms with Gasteiger partial charge in [-0.15, -0.1) is 11.3 Å². The number of aryl methyl sites for hydroxylation is 2. The van der Waals surface area contributed by atoms with Gasteiger partial charge in [0.1, 0.15) is 11.6 Å². The maximum absolute atomic E-state index is 14.5. The quantitative estimate of drug-likeness (QED) is 0.497. The molecule has 4 rings (SSSR count). The van der Waals surface area contributed by atoms with Gasteiger partial charge in [0.25, 0.3) is 0 Å². The molecule has 0 aliphatic heterocycles. The Morgan fingerprint density at radius 3 is 2.59 bits per heavy atom. The number of anilines is 2. The standard InChI is InChI=1S/C20H16F2N4S/c1-12-3-5-17(15(21)7-12)24-20-25-18(10-27-20)14-4-6-19(16(22)8-14)26-9-13(2)23-11-26/h3-11H,1-2H3,(H,24,25). The third-order valence-corrected chi connectivity index (χ3v) is 4.86. The first-order valence-electron chi connectivity index (χ1n) is 8.29. The van der Waals surface area contributed by atoms with Crippen LogP contribution >= 0.6 is 11.3 Å². The first kappa shape index (κ1) is 17.4. The Kier molecular flexibility index (Phi) is 4.45. The number of aromatic nitrogens is 3. The molecule has 0 fully saturated rings. The van der Waals surface area contributed by atoms with E-state index in [0.29, 0.717) is 27.8 Å². The summed E-state index contributed by atoms with van der Waals surface area (Å²) in [5, 5.41) is 5.32. The number of imidazole rings is 1. The second-order valence-corrected chi connectivity index (χ2v) is 7.09. The van der Waals surface area contributed by atoms with Crippen molar-refractivity contribution in [3.63, 3.8) is 0 Å². The SMILES string of the molecule is Cc1ccc(Nc2nc(-c3ccc(-n4cnc(C)c4)c(F)c3)cs2)c(F)c1. The van der Waals surface area contributed by atoms with E-state index in [1.165, 1.54) is 23.5 Å². The Balaban J connectivity index is 1.58. The van der Waals surface area contributed by atoms with Crippen molar-refractivity contribution in [3.8, 4) is 16.9 Å². The zero-order valence-corrected chi connectivity index (χ0v) is 15.5. The molecule has 7 heteroatoms. The van der Waals surface area contributed by atoms with Crippen LogP contribution in [0.1, 0.15) is 11.3 Å². The van der Waals surface area contributed by atoms with Crippen LogP contribution in [-0.2, 0) is 0 Å². The van der Waals surface area contributed by atoms with Crippen molar-refractivity contribution in [2.75, 3.05) is 5.32 Å². The molecule has 1 N–H and O–H groups in total. The van der Waals surface area contributed by atoms with Gasteiger partial charge < -0.3 is 9.88 Å². The van der Waals surface area contributed by atoms with Crippen LogP contribution in [-0.4, -0.2) is 14.5 Å². The van der Waals surface area contributed by atoms with Gasteiger partial charge in [0.15, 0.2) is 5.13 Å². The number of hydrogen-bond acceptors (Lipinski definition) is 4. The summed E-state index contributed by atoms with van der Waals surface area (Å²) >= 11 is 1.34. The van der Waals surface area contributed by atoms with E-state index in [4.69, 9.17) is 0 Å². The number of rotatable bonds is 4. The summed E-state index contributed by atoms with van der Waals surface area (Å²) in [6.07, 6.45) is 3.34. The molecule has 2 aromatic heterocycles. The molecule has 0 saturated heterocycles. The summed E-state index contributed by atoms with van der Waals surface area (Å²) in [6, 6.07) is 9.90.